The van der Waals surface area contributed by atoms with E-state index in [-0.39, 0.29) is 11.6 Å². The van der Waals surface area contributed by atoms with Gasteiger partial charge in [0.25, 0.3) is 0 Å². The minimum atomic E-state index is -0.997. The second kappa shape index (κ2) is 4.71. The highest BCUT2D eigenvalue weighted by Crippen LogP contribution is 2.21. The third-order valence-corrected chi connectivity index (χ3v) is 1.87. The molecule has 2 rings (SSSR count). The van der Waals surface area contributed by atoms with E-state index in [2.05, 4.69) is 15.4 Å². The Morgan fingerprint density at radius 1 is 1.18 bits per heavy atom. The Kier molecular flexibility index (Phi) is 3.10. The van der Waals surface area contributed by atoms with Crippen LogP contribution in [-0.4, -0.2) is 9.97 Å². The summed E-state index contributed by atoms with van der Waals surface area (Å²) in [5.41, 5.74) is 2.29. The third kappa shape index (κ3) is 2.64. The summed E-state index contributed by atoms with van der Waals surface area (Å²) in [6.07, 6.45) is 2.71. The lowest BCUT2D eigenvalue weighted by Gasteiger charge is -2.05. The molecule has 0 amide bonds. The second-order valence-electron chi connectivity index (χ2n) is 3.06. The lowest BCUT2D eigenvalue weighted by molar-refractivity contribution is 0.446. The zero-order valence-electron chi connectivity index (χ0n) is 8.52. The fourth-order valence-corrected chi connectivity index (χ4v) is 1.13. The number of nitrogen functional groups attached to an aromatic ring is 1. The standard InChI is InChI=1S/C10H8F2N4O/c11-7-2-1-6(3-8(7)12)17-10-5-14-4-9(15-10)16-13/h1-5H,13H2,(H,15,16). The molecule has 0 saturated heterocycles. The van der Waals surface area contributed by atoms with Gasteiger partial charge in [-0.2, -0.15) is 4.98 Å². The fourth-order valence-electron chi connectivity index (χ4n) is 1.13. The molecular weight excluding hydrogens is 230 g/mol. The molecule has 7 heteroatoms. The highest BCUT2D eigenvalue weighted by molar-refractivity contribution is 5.33. The predicted octanol–water partition coefficient (Wildman–Crippen LogP) is 1.83. The molecule has 0 bridgehead atoms. The van der Waals surface area contributed by atoms with E-state index < -0.39 is 11.6 Å². The molecule has 3 N–H and O–H groups in total. The van der Waals surface area contributed by atoms with Crippen molar-refractivity contribution in [3.05, 3.63) is 42.2 Å². The summed E-state index contributed by atoms with van der Waals surface area (Å²) in [4.78, 5) is 7.70. The number of benzene rings is 1. The van der Waals surface area contributed by atoms with Gasteiger partial charge in [-0.15, -0.1) is 0 Å². The van der Waals surface area contributed by atoms with Crippen LogP contribution >= 0.6 is 0 Å². The van der Waals surface area contributed by atoms with Crippen molar-refractivity contribution in [2.45, 2.75) is 0 Å². The van der Waals surface area contributed by atoms with Crippen molar-refractivity contribution in [3.8, 4) is 11.6 Å². The average molecular weight is 238 g/mol. The van der Waals surface area contributed by atoms with Gasteiger partial charge in [0.2, 0.25) is 5.88 Å². The number of aromatic nitrogens is 2. The second-order valence-corrected chi connectivity index (χ2v) is 3.06. The van der Waals surface area contributed by atoms with Gasteiger partial charge in [-0.05, 0) is 12.1 Å². The van der Waals surface area contributed by atoms with Gasteiger partial charge < -0.3 is 10.2 Å². The van der Waals surface area contributed by atoms with Crippen LogP contribution in [-0.2, 0) is 0 Å². The summed E-state index contributed by atoms with van der Waals surface area (Å²) in [6, 6.07) is 3.16. The SMILES string of the molecule is NNc1cncc(Oc2ccc(F)c(F)c2)n1. The summed E-state index contributed by atoms with van der Waals surface area (Å²) < 4.78 is 30.8. The number of hydrogen-bond donors (Lipinski definition) is 2. The van der Waals surface area contributed by atoms with E-state index in [9.17, 15) is 8.78 Å². The first kappa shape index (κ1) is 11.2. The molecule has 0 aliphatic carbocycles. The Balaban J connectivity index is 2.22. The molecule has 0 spiro atoms. The first-order chi connectivity index (χ1) is 8.19. The number of nitrogens with one attached hydrogen (secondary N) is 1. The normalized spacial score (nSPS) is 10.1. The van der Waals surface area contributed by atoms with Crippen LogP contribution < -0.4 is 16.0 Å². The van der Waals surface area contributed by atoms with Gasteiger partial charge in [-0.25, -0.2) is 14.6 Å². The lowest BCUT2D eigenvalue weighted by Crippen LogP contribution is -2.09. The van der Waals surface area contributed by atoms with Crippen LogP contribution in [0.25, 0.3) is 0 Å². The Morgan fingerprint density at radius 2 is 2.00 bits per heavy atom. The van der Waals surface area contributed by atoms with Gasteiger partial charge in [0.1, 0.15) is 5.75 Å². The molecule has 0 unspecified atom stereocenters. The van der Waals surface area contributed by atoms with E-state index in [0.29, 0.717) is 5.82 Å². The number of nitrogens with two attached hydrogens (primary N) is 1. The number of halogens is 2. The summed E-state index contributed by atoms with van der Waals surface area (Å²) in [6.45, 7) is 0. The van der Waals surface area contributed by atoms with Gasteiger partial charge in [0, 0.05) is 6.07 Å². The first-order valence-corrected chi connectivity index (χ1v) is 4.60. The van der Waals surface area contributed by atoms with Crippen LogP contribution in [0.5, 0.6) is 11.6 Å². The summed E-state index contributed by atoms with van der Waals surface area (Å²) in [5, 5.41) is 0. The van der Waals surface area contributed by atoms with Crippen molar-refractivity contribution in [1.29, 1.82) is 0 Å². The minimum Gasteiger partial charge on any atom is -0.437 e. The Hall–Kier alpha value is -2.28. The Morgan fingerprint density at radius 3 is 2.71 bits per heavy atom. The fraction of sp³-hybridized carbons (Fsp3) is 0. The smallest absolute Gasteiger partial charge is 0.239 e. The number of hydrogen-bond acceptors (Lipinski definition) is 5. The Bertz CT molecular complexity index is 535. The highest BCUT2D eigenvalue weighted by atomic mass is 19.2. The van der Waals surface area contributed by atoms with Crippen molar-refractivity contribution in [1.82, 2.24) is 9.97 Å². The molecular formula is C10H8F2N4O. The minimum absolute atomic E-state index is 0.117. The van der Waals surface area contributed by atoms with Gasteiger partial charge in [-0.1, -0.05) is 0 Å². The molecule has 0 atom stereocenters. The zero-order valence-corrected chi connectivity index (χ0v) is 8.52. The number of ether oxygens (including phenoxy) is 1. The molecule has 0 aliphatic heterocycles. The Labute approximate surface area is 95.2 Å². The van der Waals surface area contributed by atoms with Crippen molar-refractivity contribution in [3.63, 3.8) is 0 Å². The van der Waals surface area contributed by atoms with Crippen molar-refractivity contribution in [2.24, 2.45) is 5.84 Å². The molecule has 5 nitrogen and oxygen atoms in total. The predicted molar refractivity (Wildman–Crippen MR) is 56.3 cm³/mol. The molecule has 0 aliphatic rings. The topological polar surface area (TPSA) is 73.1 Å². The van der Waals surface area contributed by atoms with Crippen molar-refractivity contribution in [2.75, 3.05) is 5.43 Å². The van der Waals surface area contributed by atoms with Crippen LogP contribution in [0.4, 0.5) is 14.6 Å². The number of anilines is 1. The van der Waals surface area contributed by atoms with E-state index in [1.54, 1.807) is 0 Å². The largest absolute Gasteiger partial charge is 0.437 e. The van der Waals surface area contributed by atoms with E-state index in [0.717, 1.165) is 12.1 Å². The van der Waals surface area contributed by atoms with Gasteiger partial charge in [0.15, 0.2) is 17.5 Å². The highest BCUT2D eigenvalue weighted by Gasteiger charge is 2.05. The third-order valence-electron chi connectivity index (χ3n) is 1.87. The molecule has 2 aromatic rings. The van der Waals surface area contributed by atoms with Gasteiger partial charge in [0.05, 0.1) is 12.4 Å². The van der Waals surface area contributed by atoms with E-state index >= 15 is 0 Å². The molecule has 1 aromatic carbocycles. The summed E-state index contributed by atoms with van der Waals surface area (Å²) >= 11 is 0. The van der Waals surface area contributed by atoms with Crippen LogP contribution in [0.1, 0.15) is 0 Å². The molecule has 1 heterocycles. The molecule has 1 aromatic heterocycles. The van der Waals surface area contributed by atoms with E-state index in [1.165, 1.54) is 18.5 Å². The van der Waals surface area contributed by atoms with E-state index in [4.69, 9.17) is 10.6 Å². The quantitative estimate of drug-likeness (QED) is 0.630. The van der Waals surface area contributed by atoms with Crippen LogP contribution in [0, 0.1) is 11.6 Å². The van der Waals surface area contributed by atoms with Crippen molar-refractivity contribution < 1.29 is 13.5 Å². The van der Waals surface area contributed by atoms with Gasteiger partial charge in [-0.3, -0.25) is 4.98 Å². The molecule has 0 saturated carbocycles. The van der Waals surface area contributed by atoms with Gasteiger partial charge >= 0.3 is 0 Å². The van der Waals surface area contributed by atoms with Crippen LogP contribution in [0.3, 0.4) is 0 Å². The number of rotatable bonds is 3. The average Bonchev–Trinajstić information content (AvgIpc) is 2.34. The molecule has 17 heavy (non-hydrogen) atoms. The number of nitrogens with zero attached hydrogens (tertiary/aromatic N) is 2. The summed E-state index contributed by atoms with van der Waals surface area (Å²) in [7, 11) is 0. The van der Waals surface area contributed by atoms with Crippen LogP contribution in [0.2, 0.25) is 0 Å². The maximum Gasteiger partial charge on any atom is 0.239 e. The monoisotopic (exact) mass is 238 g/mol. The van der Waals surface area contributed by atoms with Crippen LogP contribution in [0.15, 0.2) is 30.6 Å². The zero-order chi connectivity index (χ0) is 12.3. The first-order valence-electron chi connectivity index (χ1n) is 4.60. The lowest BCUT2D eigenvalue weighted by atomic mass is 10.3. The molecule has 0 fully saturated rings. The van der Waals surface area contributed by atoms with Crippen molar-refractivity contribution >= 4 is 5.82 Å². The molecule has 88 valence electrons. The summed E-state index contributed by atoms with van der Waals surface area (Å²) in [5.74, 6) is 3.73. The number of hydrazine groups is 1. The molecule has 0 radical (unpaired) electrons. The maximum absolute atomic E-state index is 12.9. The maximum atomic E-state index is 12.9. The van der Waals surface area contributed by atoms with E-state index in [1.807, 2.05) is 0 Å².